The fraction of sp³-hybridized carbons (Fsp3) is 0.483. The molecule has 196 valence electrons. The van der Waals surface area contributed by atoms with Gasteiger partial charge >= 0.3 is 6.03 Å². The van der Waals surface area contributed by atoms with Gasteiger partial charge < -0.3 is 20.3 Å². The molecule has 2 N–H and O–H groups in total. The highest BCUT2D eigenvalue weighted by Gasteiger charge is 2.39. The molecule has 1 unspecified atom stereocenters. The number of para-hydroxylation sites is 1. The van der Waals surface area contributed by atoms with Crippen molar-refractivity contribution in [3.8, 4) is 0 Å². The van der Waals surface area contributed by atoms with Gasteiger partial charge in [-0.2, -0.15) is 0 Å². The van der Waals surface area contributed by atoms with Crippen LogP contribution in [0.2, 0.25) is 0 Å². The van der Waals surface area contributed by atoms with Gasteiger partial charge in [0.05, 0.1) is 24.6 Å². The molecule has 37 heavy (non-hydrogen) atoms. The third-order valence-corrected chi connectivity index (χ3v) is 7.64. The minimum absolute atomic E-state index is 0.226. The van der Waals surface area contributed by atoms with Crippen LogP contribution in [0.4, 0.5) is 21.9 Å². The molecule has 5 rings (SSSR count). The summed E-state index contributed by atoms with van der Waals surface area (Å²) in [6.07, 6.45) is 5.31. The first-order valence-electron chi connectivity index (χ1n) is 13.6. The van der Waals surface area contributed by atoms with Crippen molar-refractivity contribution in [1.82, 2.24) is 0 Å². The summed E-state index contributed by atoms with van der Waals surface area (Å²) in [4.78, 5) is 37.5. The lowest BCUT2D eigenvalue weighted by Crippen LogP contribution is -2.52. The number of carbonyl (C=O) groups excluding carboxylic acids is 2. The van der Waals surface area contributed by atoms with Crippen LogP contribution in [0.25, 0.3) is 0 Å². The van der Waals surface area contributed by atoms with Crippen molar-refractivity contribution < 1.29 is 14.3 Å². The molecule has 8 nitrogen and oxygen atoms in total. The maximum Gasteiger partial charge on any atom is 0.321 e. The Hall–Kier alpha value is -3.39. The normalized spacial score (nSPS) is 20.7. The fourth-order valence-electron chi connectivity index (χ4n) is 5.80. The molecule has 0 spiro atoms. The molecule has 1 saturated heterocycles. The van der Waals surface area contributed by atoms with E-state index >= 15 is 0 Å². The Balaban J connectivity index is 1.57. The van der Waals surface area contributed by atoms with Crippen LogP contribution in [-0.4, -0.2) is 56.7 Å². The molecular formula is C29H37N5O3. The highest BCUT2D eigenvalue weighted by Crippen LogP contribution is 2.35. The minimum Gasteiger partial charge on any atom is -0.378 e. The summed E-state index contributed by atoms with van der Waals surface area (Å²) >= 11 is 0. The van der Waals surface area contributed by atoms with Crippen molar-refractivity contribution in [3.05, 3.63) is 54.1 Å². The molecule has 2 heterocycles. The van der Waals surface area contributed by atoms with E-state index in [0.29, 0.717) is 25.4 Å². The lowest BCUT2D eigenvalue weighted by molar-refractivity contribution is -0.119. The zero-order valence-electron chi connectivity index (χ0n) is 21.6. The van der Waals surface area contributed by atoms with Gasteiger partial charge in [0.1, 0.15) is 0 Å². The second-order valence-corrected chi connectivity index (χ2v) is 10.1. The van der Waals surface area contributed by atoms with Gasteiger partial charge in [0, 0.05) is 42.5 Å². The van der Waals surface area contributed by atoms with Crippen molar-refractivity contribution in [2.24, 2.45) is 16.6 Å². The second kappa shape index (κ2) is 11.3. The van der Waals surface area contributed by atoms with E-state index in [-0.39, 0.29) is 11.8 Å². The Morgan fingerprint density at radius 3 is 2.43 bits per heavy atom. The summed E-state index contributed by atoms with van der Waals surface area (Å²) in [5, 5.41) is 0. The van der Waals surface area contributed by atoms with Gasteiger partial charge in [-0.3, -0.25) is 14.7 Å². The minimum atomic E-state index is -1.05. The summed E-state index contributed by atoms with van der Waals surface area (Å²) in [7, 11) is 0. The van der Waals surface area contributed by atoms with E-state index in [2.05, 4.69) is 17.9 Å². The predicted molar refractivity (Wildman–Crippen MR) is 148 cm³/mol. The average molecular weight is 504 g/mol. The van der Waals surface area contributed by atoms with E-state index in [4.69, 9.17) is 15.5 Å². The average Bonchev–Trinajstić information content (AvgIpc) is 3.05. The topological polar surface area (TPSA) is 91.5 Å². The third kappa shape index (κ3) is 5.21. The largest absolute Gasteiger partial charge is 0.378 e. The summed E-state index contributed by atoms with van der Waals surface area (Å²) in [5.41, 5.74) is 10.4. The number of morpholine rings is 1. The number of carbonyl (C=O) groups is 2. The molecule has 3 amide bonds. The van der Waals surface area contributed by atoms with Crippen LogP contribution >= 0.6 is 0 Å². The van der Waals surface area contributed by atoms with Crippen LogP contribution in [0.5, 0.6) is 0 Å². The molecule has 2 aromatic carbocycles. The number of ether oxygens (including phenoxy) is 1. The first-order chi connectivity index (χ1) is 18.1. The van der Waals surface area contributed by atoms with Gasteiger partial charge in [0.2, 0.25) is 6.17 Å². The molecule has 1 saturated carbocycles. The van der Waals surface area contributed by atoms with Crippen molar-refractivity contribution in [3.63, 3.8) is 0 Å². The molecule has 1 aliphatic carbocycles. The van der Waals surface area contributed by atoms with Crippen LogP contribution in [0.1, 0.15) is 51.0 Å². The molecule has 1 atom stereocenters. The van der Waals surface area contributed by atoms with E-state index in [1.54, 1.807) is 4.90 Å². The smallest absolute Gasteiger partial charge is 0.321 e. The number of hydrogen-bond acceptors (Lipinski definition) is 5. The van der Waals surface area contributed by atoms with Gasteiger partial charge in [-0.05, 0) is 49.6 Å². The Labute approximate surface area is 219 Å². The molecule has 0 aromatic heterocycles. The number of fused-ring (bicyclic) bond motifs is 1. The number of nitrogens with two attached hydrogens (primary N) is 1. The molecule has 2 fully saturated rings. The van der Waals surface area contributed by atoms with E-state index < -0.39 is 12.2 Å². The molecule has 2 aliphatic heterocycles. The first-order valence-corrected chi connectivity index (χ1v) is 13.6. The van der Waals surface area contributed by atoms with Crippen LogP contribution in [0.3, 0.4) is 0 Å². The molecule has 0 radical (unpaired) electrons. The van der Waals surface area contributed by atoms with E-state index in [9.17, 15) is 9.59 Å². The number of amides is 3. The fourth-order valence-corrected chi connectivity index (χ4v) is 5.80. The van der Waals surface area contributed by atoms with Crippen molar-refractivity contribution >= 4 is 34.7 Å². The molecule has 8 heteroatoms. The number of nitrogens with zero attached hydrogens (tertiary/aromatic N) is 4. The SMILES string of the molecule is CCCN1C(=O)C(N(C(N)=O)c2ccc(N3CCOCC3)cc2)N=C(C2CCCCC2)c2ccccc21. The highest BCUT2D eigenvalue weighted by atomic mass is 16.5. The number of benzene rings is 2. The maximum absolute atomic E-state index is 14.1. The Bertz CT molecular complexity index is 1140. The quantitative estimate of drug-likeness (QED) is 0.626. The second-order valence-electron chi connectivity index (χ2n) is 10.1. The number of urea groups is 1. The van der Waals surface area contributed by atoms with E-state index in [1.807, 2.05) is 42.5 Å². The monoisotopic (exact) mass is 503 g/mol. The lowest BCUT2D eigenvalue weighted by Gasteiger charge is -2.32. The summed E-state index contributed by atoms with van der Waals surface area (Å²) in [5.74, 6) is 0.0290. The summed E-state index contributed by atoms with van der Waals surface area (Å²) in [6, 6.07) is 15.0. The Morgan fingerprint density at radius 1 is 1.05 bits per heavy atom. The van der Waals surface area contributed by atoms with Gasteiger partial charge in [-0.15, -0.1) is 0 Å². The van der Waals surface area contributed by atoms with Gasteiger partial charge in [0.15, 0.2) is 0 Å². The number of hydrogen-bond donors (Lipinski definition) is 1. The number of anilines is 3. The number of primary amides is 1. The summed E-state index contributed by atoms with van der Waals surface area (Å²) in [6.45, 7) is 5.62. The first kappa shape index (κ1) is 25.3. The van der Waals surface area contributed by atoms with Gasteiger partial charge in [-0.1, -0.05) is 44.4 Å². The number of rotatable bonds is 6. The Kier molecular flexibility index (Phi) is 7.74. The molecule has 2 aromatic rings. The van der Waals surface area contributed by atoms with Gasteiger partial charge in [-0.25, -0.2) is 4.79 Å². The predicted octanol–water partition coefficient (Wildman–Crippen LogP) is 4.56. The van der Waals surface area contributed by atoms with Crippen LogP contribution in [0, 0.1) is 5.92 Å². The molecule has 0 bridgehead atoms. The molecular weight excluding hydrogens is 466 g/mol. The number of aliphatic imine (C=N–C) groups is 1. The maximum atomic E-state index is 14.1. The Morgan fingerprint density at radius 2 is 1.76 bits per heavy atom. The van der Waals surface area contributed by atoms with Crippen LogP contribution in [0.15, 0.2) is 53.5 Å². The lowest BCUT2D eigenvalue weighted by atomic mass is 9.82. The van der Waals surface area contributed by atoms with E-state index in [1.165, 1.54) is 11.3 Å². The standard InChI is InChI=1S/C29H37N5O3/c1-2-16-33-25-11-7-6-10-24(25)26(21-8-4-3-5-9-21)31-27(28(33)35)34(29(30)36)23-14-12-22(13-15-23)32-17-19-37-20-18-32/h6-7,10-15,21,27H,2-5,8-9,16-20H2,1H3,(H2,30,36). The van der Waals surface area contributed by atoms with Gasteiger partial charge in [0.25, 0.3) is 5.91 Å². The van der Waals surface area contributed by atoms with Crippen molar-refractivity contribution in [1.29, 1.82) is 0 Å². The van der Waals surface area contributed by atoms with Crippen molar-refractivity contribution in [2.75, 3.05) is 47.5 Å². The van der Waals surface area contributed by atoms with Crippen LogP contribution < -0.4 is 20.4 Å². The van der Waals surface area contributed by atoms with Crippen molar-refractivity contribution in [2.45, 2.75) is 51.6 Å². The number of benzodiazepines with no additional fused rings is 1. The summed E-state index contributed by atoms with van der Waals surface area (Å²) < 4.78 is 5.47. The third-order valence-electron chi connectivity index (χ3n) is 7.64. The van der Waals surface area contributed by atoms with Crippen LogP contribution in [-0.2, 0) is 9.53 Å². The van der Waals surface area contributed by atoms with E-state index in [0.717, 1.165) is 67.8 Å². The zero-order chi connectivity index (χ0) is 25.8. The zero-order valence-corrected chi connectivity index (χ0v) is 21.6. The highest BCUT2D eigenvalue weighted by molar-refractivity contribution is 6.15. The molecule has 3 aliphatic rings.